The van der Waals surface area contributed by atoms with Crippen molar-refractivity contribution >= 4 is 5.78 Å². The molecule has 0 spiro atoms. The largest absolute Gasteiger partial charge is 0.329 e. The Morgan fingerprint density at radius 2 is 2.00 bits per heavy atom. The maximum absolute atomic E-state index is 11.7. The molecule has 1 aliphatic rings. The topological polar surface area (TPSA) is 43.1 Å². The van der Waals surface area contributed by atoms with Gasteiger partial charge in [-0.1, -0.05) is 13.8 Å². The van der Waals surface area contributed by atoms with Gasteiger partial charge in [-0.25, -0.2) is 0 Å². The van der Waals surface area contributed by atoms with E-state index < -0.39 is 0 Å². The van der Waals surface area contributed by atoms with E-state index in [0.29, 0.717) is 18.7 Å². The van der Waals surface area contributed by atoms with E-state index in [2.05, 4.69) is 6.92 Å². The maximum atomic E-state index is 11.7. The highest BCUT2D eigenvalue weighted by Gasteiger charge is 2.38. The Morgan fingerprint density at radius 3 is 2.38 bits per heavy atom. The normalized spacial score (nSPS) is 34.5. The van der Waals surface area contributed by atoms with Crippen LogP contribution in [-0.2, 0) is 4.79 Å². The van der Waals surface area contributed by atoms with Crippen LogP contribution in [0.1, 0.15) is 46.0 Å². The monoisotopic (exact) mass is 183 g/mol. The summed E-state index contributed by atoms with van der Waals surface area (Å²) in [6.45, 7) is 4.75. The van der Waals surface area contributed by atoms with Crippen LogP contribution in [0, 0.1) is 11.3 Å². The standard InChI is InChI=1S/C11H21NO/c1-3-10(13)11(8-12)6-4-9(2)5-7-11/h9H,3-8,12H2,1-2H3. The highest BCUT2D eigenvalue weighted by Crippen LogP contribution is 2.39. The van der Waals surface area contributed by atoms with Crippen molar-refractivity contribution in [1.82, 2.24) is 0 Å². The Bertz CT molecular complexity index is 181. The molecule has 0 atom stereocenters. The highest BCUT2D eigenvalue weighted by atomic mass is 16.1. The molecule has 0 aromatic carbocycles. The molecule has 13 heavy (non-hydrogen) atoms. The predicted octanol–water partition coefficient (Wildman–Crippen LogP) is 2.12. The average Bonchev–Trinajstić information content (AvgIpc) is 2.18. The number of carbonyl (C=O) groups is 1. The van der Waals surface area contributed by atoms with Crippen LogP contribution in [0.15, 0.2) is 0 Å². The Morgan fingerprint density at radius 1 is 1.46 bits per heavy atom. The molecule has 0 bridgehead atoms. The molecule has 2 nitrogen and oxygen atoms in total. The van der Waals surface area contributed by atoms with Crippen LogP contribution in [0.4, 0.5) is 0 Å². The number of Topliss-reactive ketones (excluding diaryl/α,β-unsaturated/α-hetero) is 1. The van der Waals surface area contributed by atoms with Crippen LogP contribution in [0.25, 0.3) is 0 Å². The summed E-state index contributed by atoms with van der Waals surface area (Å²) in [5.41, 5.74) is 5.59. The summed E-state index contributed by atoms with van der Waals surface area (Å²) >= 11 is 0. The highest BCUT2D eigenvalue weighted by molar-refractivity contribution is 5.84. The van der Waals surface area contributed by atoms with Crippen LogP contribution in [0.5, 0.6) is 0 Å². The van der Waals surface area contributed by atoms with Crippen molar-refractivity contribution in [2.75, 3.05) is 6.54 Å². The molecular weight excluding hydrogens is 162 g/mol. The lowest BCUT2D eigenvalue weighted by Crippen LogP contribution is -2.41. The van der Waals surface area contributed by atoms with E-state index in [-0.39, 0.29) is 5.41 Å². The fourth-order valence-electron chi connectivity index (χ4n) is 2.29. The Hall–Kier alpha value is -0.370. The van der Waals surface area contributed by atoms with E-state index in [1.54, 1.807) is 0 Å². The van der Waals surface area contributed by atoms with Crippen molar-refractivity contribution in [2.45, 2.75) is 46.0 Å². The fourth-order valence-corrected chi connectivity index (χ4v) is 2.29. The molecule has 0 amide bonds. The molecule has 1 rings (SSSR count). The molecule has 2 N–H and O–H groups in total. The number of hydrogen-bond donors (Lipinski definition) is 1. The van der Waals surface area contributed by atoms with Gasteiger partial charge in [-0.3, -0.25) is 4.79 Å². The van der Waals surface area contributed by atoms with Crippen molar-refractivity contribution in [3.8, 4) is 0 Å². The number of hydrogen-bond acceptors (Lipinski definition) is 2. The third-order valence-corrected chi connectivity index (χ3v) is 3.53. The minimum absolute atomic E-state index is 0.152. The molecule has 76 valence electrons. The van der Waals surface area contributed by atoms with Gasteiger partial charge in [-0.2, -0.15) is 0 Å². The van der Waals surface area contributed by atoms with Gasteiger partial charge in [0.15, 0.2) is 0 Å². The summed E-state index contributed by atoms with van der Waals surface area (Å²) in [4.78, 5) is 11.7. The van der Waals surface area contributed by atoms with Gasteiger partial charge in [-0.15, -0.1) is 0 Å². The maximum Gasteiger partial charge on any atom is 0.140 e. The van der Waals surface area contributed by atoms with Gasteiger partial charge in [0.05, 0.1) is 0 Å². The molecule has 1 fully saturated rings. The van der Waals surface area contributed by atoms with Crippen molar-refractivity contribution in [3.63, 3.8) is 0 Å². The Kier molecular flexibility index (Phi) is 3.48. The summed E-state index contributed by atoms with van der Waals surface area (Å²) in [7, 11) is 0. The summed E-state index contributed by atoms with van der Waals surface area (Å²) in [6, 6.07) is 0. The molecule has 0 aliphatic heterocycles. The van der Waals surface area contributed by atoms with Gasteiger partial charge in [-0.05, 0) is 31.6 Å². The van der Waals surface area contributed by atoms with Crippen molar-refractivity contribution < 1.29 is 4.79 Å². The van der Waals surface area contributed by atoms with E-state index in [0.717, 1.165) is 18.8 Å². The van der Waals surface area contributed by atoms with Gasteiger partial charge >= 0.3 is 0 Å². The molecule has 0 aromatic rings. The second kappa shape index (κ2) is 4.23. The van der Waals surface area contributed by atoms with E-state index in [1.165, 1.54) is 12.8 Å². The van der Waals surface area contributed by atoms with Gasteiger partial charge in [0, 0.05) is 18.4 Å². The fraction of sp³-hybridized carbons (Fsp3) is 0.909. The van der Waals surface area contributed by atoms with E-state index in [4.69, 9.17) is 5.73 Å². The third-order valence-electron chi connectivity index (χ3n) is 3.53. The van der Waals surface area contributed by atoms with Crippen molar-refractivity contribution in [3.05, 3.63) is 0 Å². The second-order valence-electron chi connectivity index (χ2n) is 4.44. The van der Waals surface area contributed by atoms with Gasteiger partial charge < -0.3 is 5.73 Å². The lowest BCUT2D eigenvalue weighted by atomic mass is 9.68. The first-order valence-corrected chi connectivity index (χ1v) is 5.38. The first kappa shape index (κ1) is 10.7. The number of carbonyl (C=O) groups excluding carboxylic acids is 1. The molecule has 0 saturated heterocycles. The minimum Gasteiger partial charge on any atom is -0.329 e. The first-order chi connectivity index (χ1) is 6.14. The predicted molar refractivity (Wildman–Crippen MR) is 54.4 cm³/mol. The van der Waals surface area contributed by atoms with Gasteiger partial charge in [0.1, 0.15) is 5.78 Å². The van der Waals surface area contributed by atoms with E-state index in [9.17, 15) is 4.79 Å². The molecule has 0 unspecified atom stereocenters. The lowest BCUT2D eigenvalue weighted by Gasteiger charge is -2.37. The van der Waals surface area contributed by atoms with Crippen LogP contribution >= 0.6 is 0 Å². The number of nitrogens with two attached hydrogens (primary N) is 1. The molecule has 0 radical (unpaired) electrons. The molecular formula is C11H21NO. The molecule has 0 aromatic heterocycles. The number of rotatable bonds is 3. The zero-order valence-electron chi connectivity index (χ0n) is 8.81. The quantitative estimate of drug-likeness (QED) is 0.728. The van der Waals surface area contributed by atoms with E-state index in [1.807, 2.05) is 6.92 Å². The van der Waals surface area contributed by atoms with Crippen LogP contribution in [0.2, 0.25) is 0 Å². The third kappa shape index (κ3) is 2.11. The van der Waals surface area contributed by atoms with Crippen molar-refractivity contribution in [1.29, 1.82) is 0 Å². The van der Waals surface area contributed by atoms with Gasteiger partial charge in [0.25, 0.3) is 0 Å². The summed E-state index contributed by atoms with van der Waals surface area (Å²) in [5, 5.41) is 0. The van der Waals surface area contributed by atoms with Gasteiger partial charge in [0.2, 0.25) is 0 Å². The van der Waals surface area contributed by atoms with Crippen LogP contribution in [-0.4, -0.2) is 12.3 Å². The van der Waals surface area contributed by atoms with Crippen LogP contribution < -0.4 is 5.73 Å². The average molecular weight is 183 g/mol. The molecule has 0 heterocycles. The molecule has 1 saturated carbocycles. The zero-order valence-corrected chi connectivity index (χ0v) is 8.81. The Labute approximate surface area is 80.9 Å². The second-order valence-corrected chi connectivity index (χ2v) is 4.44. The van der Waals surface area contributed by atoms with Crippen molar-refractivity contribution in [2.24, 2.45) is 17.1 Å². The lowest BCUT2D eigenvalue weighted by molar-refractivity contribution is -0.130. The SMILES string of the molecule is CCC(=O)C1(CN)CCC(C)CC1. The minimum atomic E-state index is -0.152. The zero-order chi connectivity index (χ0) is 9.90. The molecule has 2 heteroatoms. The Balaban J connectivity index is 2.65. The summed E-state index contributed by atoms with van der Waals surface area (Å²) in [6.07, 6.45) is 5.01. The molecule has 1 aliphatic carbocycles. The van der Waals surface area contributed by atoms with Crippen LogP contribution in [0.3, 0.4) is 0 Å². The smallest absolute Gasteiger partial charge is 0.140 e. The summed E-state index contributed by atoms with van der Waals surface area (Å²) in [5.74, 6) is 1.16. The number of ketones is 1. The summed E-state index contributed by atoms with van der Waals surface area (Å²) < 4.78 is 0. The first-order valence-electron chi connectivity index (χ1n) is 5.38. The van der Waals surface area contributed by atoms with E-state index >= 15 is 0 Å².